The number of benzene rings is 2. The van der Waals surface area contributed by atoms with Gasteiger partial charge in [-0.2, -0.15) is 0 Å². The number of nitrogens with one attached hydrogen (secondary N) is 1. The summed E-state index contributed by atoms with van der Waals surface area (Å²) in [5.74, 6) is 0. The molecule has 2 rings (SSSR count). The maximum atomic E-state index is 12.2. The molecular formula is C16H18ClNO2S. The normalized spacial score (nSPS) is 11.5. The second-order valence-corrected chi connectivity index (χ2v) is 6.98. The molecule has 0 spiro atoms. The Kier molecular flexibility index (Phi) is 5.39. The first kappa shape index (κ1) is 16.0. The van der Waals surface area contributed by atoms with Crippen LogP contribution in [-0.2, 0) is 22.9 Å². The molecule has 0 saturated heterocycles. The summed E-state index contributed by atoms with van der Waals surface area (Å²) in [7, 11) is -3.45. The second-order valence-electron chi connectivity index (χ2n) is 4.78. The Morgan fingerprint density at radius 2 is 1.76 bits per heavy atom. The molecule has 3 nitrogen and oxygen atoms in total. The van der Waals surface area contributed by atoms with Crippen molar-refractivity contribution in [2.75, 3.05) is 6.54 Å². The molecule has 0 bridgehead atoms. The lowest BCUT2D eigenvalue weighted by atomic mass is 10.2. The highest BCUT2D eigenvalue weighted by molar-refractivity contribution is 7.89. The van der Waals surface area contributed by atoms with Crippen molar-refractivity contribution in [3.8, 4) is 0 Å². The third kappa shape index (κ3) is 4.56. The average molecular weight is 324 g/mol. The van der Waals surface area contributed by atoms with E-state index >= 15 is 0 Å². The summed E-state index contributed by atoms with van der Waals surface area (Å²) < 4.78 is 26.9. The van der Waals surface area contributed by atoms with Crippen LogP contribution in [0.5, 0.6) is 0 Å². The van der Waals surface area contributed by atoms with Crippen LogP contribution in [0.25, 0.3) is 0 Å². The molecule has 0 aliphatic rings. The number of hydrogen-bond acceptors (Lipinski definition) is 2. The maximum Gasteiger partial charge on any atom is 0.240 e. The highest BCUT2D eigenvalue weighted by Gasteiger charge is 2.12. The minimum atomic E-state index is -3.45. The van der Waals surface area contributed by atoms with Crippen LogP contribution in [-0.4, -0.2) is 15.0 Å². The van der Waals surface area contributed by atoms with E-state index < -0.39 is 10.0 Å². The number of hydrogen-bond donors (Lipinski definition) is 1. The van der Waals surface area contributed by atoms with Gasteiger partial charge in [-0.05, 0) is 48.2 Å². The van der Waals surface area contributed by atoms with Crippen molar-refractivity contribution in [1.29, 1.82) is 0 Å². The summed E-state index contributed by atoms with van der Waals surface area (Å²) in [6.45, 7) is 2.38. The lowest BCUT2D eigenvalue weighted by Gasteiger charge is -2.07. The largest absolute Gasteiger partial charge is 0.240 e. The smallest absolute Gasteiger partial charge is 0.211 e. The van der Waals surface area contributed by atoms with E-state index in [0.717, 1.165) is 17.5 Å². The standard InChI is InChI=1S/C16H18ClNO2S/c1-2-13-6-8-16(9-7-13)21(19,20)18-11-10-14-4-3-5-15(17)12-14/h3-9,12,18H,2,10-11H2,1H3. The molecule has 0 aliphatic carbocycles. The van der Waals surface area contributed by atoms with E-state index in [0.29, 0.717) is 22.9 Å². The van der Waals surface area contributed by atoms with E-state index in [1.807, 2.05) is 37.3 Å². The van der Waals surface area contributed by atoms with E-state index in [1.165, 1.54) is 0 Å². The van der Waals surface area contributed by atoms with Crippen LogP contribution in [0.15, 0.2) is 53.4 Å². The molecule has 2 aromatic rings. The minimum absolute atomic E-state index is 0.297. The van der Waals surface area contributed by atoms with Crippen molar-refractivity contribution in [1.82, 2.24) is 4.72 Å². The van der Waals surface area contributed by atoms with Gasteiger partial charge in [0.25, 0.3) is 0 Å². The summed E-state index contributed by atoms with van der Waals surface area (Å²) in [6.07, 6.45) is 1.50. The van der Waals surface area contributed by atoms with Crippen LogP contribution >= 0.6 is 11.6 Å². The molecule has 112 valence electrons. The van der Waals surface area contributed by atoms with Crippen LogP contribution in [0.4, 0.5) is 0 Å². The first-order valence-corrected chi connectivity index (χ1v) is 8.70. The van der Waals surface area contributed by atoms with Crippen LogP contribution in [0.2, 0.25) is 5.02 Å². The molecule has 0 radical (unpaired) electrons. The lowest BCUT2D eigenvalue weighted by Crippen LogP contribution is -2.26. The lowest BCUT2D eigenvalue weighted by molar-refractivity contribution is 0.581. The zero-order chi connectivity index (χ0) is 15.3. The van der Waals surface area contributed by atoms with Gasteiger partial charge in [-0.25, -0.2) is 13.1 Å². The summed E-state index contributed by atoms with van der Waals surface area (Å²) in [5.41, 5.74) is 2.12. The highest BCUT2D eigenvalue weighted by atomic mass is 35.5. The van der Waals surface area contributed by atoms with Gasteiger partial charge in [-0.15, -0.1) is 0 Å². The fourth-order valence-corrected chi connectivity index (χ4v) is 3.25. The van der Waals surface area contributed by atoms with E-state index in [1.54, 1.807) is 18.2 Å². The molecule has 0 fully saturated rings. The molecule has 5 heteroatoms. The summed E-state index contributed by atoms with van der Waals surface area (Å²) >= 11 is 5.90. The number of aryl methyl sites for hydroxylation is 1. The van der Waals surface area contributed by atoms with Gasteiger partial charge >= 0.3 is 0 Å². The van der Waals surface area contributed by atoms with Crippen molar-refractivity contribution in [2.24, 2.45) is 0 Å². The van der Waals surface area contributed by atoms with Gasteiger partial charge in [0.1, 0.15) is 0 Å². The number of sulfonamides is 1. The number of halogens is 1. The quantitative estimate of drug-likeness (QED) is 0.885. The molecular weight excluding hydrogens is 306 g/mol. The maximum absolute atomic E-state index is 12.2. The molecule has 0 aromatic heterocycles. The minimum Gasteiger partial charge on any atom is -0.211 e. The van der Waals surface area contributed by atoms with Gasteiger partial charge in [0.05, 0.1) is 4.90 Å². The molecule has 0 aliphatic heterocycles. The van der Waals surface area contributed by atoms with Gasteiger partial charge in [0.2, 0.25) is 10.0 Å². The van der Waals surface area contributed by atoms with E-state index in [9.17, 15) is 8.42 Å². The van der Waals surface area contributed by atoms with Crippen molar-refractivity contribution in [3.05, 3.63) is 64.7 Å². The molecule has 0 atom stereocenters. The van der Waals surface area contributed by atoms with Gasteiger partial charge in [0.15, 0.2) is 0 Å². The second kappa shape index (κ2) is 7.07. The molecule has 0 amide bonds. The average Bonchev–Trinajstić information content (AvgIpc) is 2.47. The fourth-order valence-electron chi connectivity index (χ4n) is 2.01. The summed E-state index contributed by atoms with van der Waals surface area (Å²) in [6, 6.07) is 14.4. The Morgan fingerprint density at radius 1 is 1.05 bits per heavy atom. The van der Waals surface area contributed by atoms with Crippen LogP contribution in [0, 0.1) is 0 Å². The Labute approximate surface area is 131 Å². The van der Waals surface area contributed by atoms with Gasteiger partial charge in [0, 0.05) is 11.6 Å². The monoisotopic (exact) mass is 323 g/mol. The molecule has 2 aromatic carbocycles. The van der Waals surface area contributed by atoms with E-state index in [-0.39, 0.29) is 0 Å². The van der Waals surface area contributed by atoms with Gasteiger partial charge in [-0.3, -0.25) is 0 Å². The van der Waals surface area contributed by atoms with Crippen LogP contribution in [0.1, 0.15) is 18.1 Å². The fraction of sp³-hybridized carbons (Fsp3) is 0.250. The van der Waals surface area contributed by atoms with Crippen LogP contribution < -0.4 is 4.72 Å². The zero-order valence-electron chi connectivity index (χ0n) is 11.8. The number of rotatable bonds is 6. The third-order valence-electron chi connectivity index (χ3n) is 3.24. The first-order valence-electron chi connectivity index (χ1n) is 6.84. The van der Waals surface area contributed by atoms with Gasteiger partial charge in [-0.1, -0.05) is 42.8 Å². The Morgan fingerprint density at radius 3 is 2.38 bits per heavy atom. The Hall–Kier alpha value is -1.36. The van der Waals surface area contributed by atoms with Crippen molar-refractivity contribution in [3.63, 3.8) is 0 Å². The SMILES string of the molecule is CCc1ccc(S(=O)(=O)NCCc2cccc(Cl)c2)cc1. The molecule has 0 heterocycles. The predicted octanol–water partition coefficient (Wildman–Crippen LogP) is 3.42. The van der Waals surface area contributed by atoms with Crippen molar-refractivity contribution < 1.29 is 8.42 Å². The summed E-state index contributed by atoms with van der Waals surface area (Å²) in [5, 5.41) is 0.658. The zero-order valence-corrected chi connectivity index (χ0v) is 13.4. The topological polar surface area (TPSA) is 46.2 Å². The highest BCUT2D eigenvalue weighted by Crippen LogP contribution is 2.13. The molecule has 0 saturated carbocycles. The molecule has 0 unspecified atom stereocenters. The predicted molar refractivity (Wildman–Crippen MR) is 86.2 cm³/mol. The Balaban J connectivity index is 1.97. The van der Waals surface area contributed by atoms with E-state index in [2.05, 4.69) is 4.72 Å². The van der Waals surface area contributed by atoms with E-state index in [4.69, 9.17) is 11.6 Å². The van der Waals surface area contributed by atoms with Crippen molar-refractivity contribution in [2.45, 2.75) is 24.7 Å². The summed E-state index contributed by atoms with van der Waals surface area (Å²) in [4.78, 5) is 0.297. The van der Waals surface area contributed by atoms with Crippen LogP contribution in [0.3, 0.4) is 0 Å². The molecule has 1 N–H and O–H groups in total. The first-order chi connectivity index (χ1) is 10.0. The Bertz CT molecular complexity index is 696. The molecule has 21 heavy (non-hydrogen) atoms. The van der Waals surface area contributed by atoms with Gasteiger partial charge < -0.3 is 0 Å². The third-order valence-corrected chi connectivity index (χ3v) is 4.95. The van der Waals surface area contributed by atoms with Crippen molar-refractivity contribution >= 4 is 21.6 Å².